The van der Waals surface area contributed by atoms with E-state index in [-0.39, 0.29) is 12.5 Å². The number of carbonyl (C=O) groups excluding carboxylic acids is 1. The van der Waals surface area contributed by atoms with E-state index in [0.717, 1.165) is 5.75 Å². The standard InChI is InChI=1S/C10H20N2O3S/c1-10(2,5-4-8(13)14)12-9(15)11-6-7-16-3/h4-7H2,1-3H3,(H,13,14)(H2,11,12,15). The van der Waals surface area contributed by atoms with Crippen LogP contribution in [0.4, 0.5) is 4.79 Å². The molecule has 5 nitrogen and oxygen atoms in total. The first kappa shape index (κ1) is 15.1. The number of carbonyl (C=O) groups is 2. The lowest BCUT2D eigenvalue weighted by Gasteiger charge is -2.25. The molecule has 6 heteroatoms. The zero-order valence-electron chi connectivity index (χ0n) is 10.0. The second kappa shape index (κ2) is 7.38. The summed E-state index contributed by atoms with van der Waals surface area (Å²) in [6.07, 6.45) is 2.44. The maximum Gasteiger partial charge on any atom is 0.315 e. The summed E-state index contributed by atoms with van der Waals surface area (Å²) in [5, 5.41) is 14.0. The van der Waals surface area contributed by atoms with E-state index in [1.807, 2.05) is 20.1 Å². The van der Waals surface area contributed by atoms with Crippen LogP contribution in [-0.4, -0.2) is 41.2 Å². The molecule has 16 heavy (non-hydrogen) atoms. The van der Waals surface area contributed by atoms with Gasteiger partial charge in [0.25, 0.3) is 0 Å². The predicted octanol–water partition coefficient (Wildman–Crippen LogP) is 1.29. The number of amides is 2. The molecule has 0 aromatic heterocycles. The molecule has 0 fully saturated rings. The van der Waals surface area contributed by atoms with E-state index in [1.165, 1.54) is 0 Å². The van der Waals surface area contributed by atoms with Crippen molar-refractivity contribution in [1.29, 1.82) is 0 Å². The van der Waals surface area contributed by atoms with E-state index in [9.17, 15) is 9.59 Å². The average Bonchev–Trinajstić information content (AvgIpc) is 2.15. The lowest BCUT2D eigenvalue weighted by atomic mass is 9.99. The number of thioether (sulfide) groups is 1. The van der Waals surface area contributed by atoms with Crippen LogP contribution in [0.2, 0.25) is 0 Å². The summed E-state index contributed by atoms with van der Waals surface area (Å²) < 4.78 is 0. The topological polar surface area (TPSA) is 78.4 Å². The second-order valence-electron chi connectivity index (χ2n) is 4.15. The van der Waals surface area contributed by atoms with E-state index in [2.05, 4.69) is 10.6 Å². The van der Waals surface area contributed by atoms with Gasteiger partial charge in [-0.3, -0.25) is 4.79 Å². The summed E-state index contributed by atoms with van der Waals surface area (Å²) in [5.41, 5.74) is -0.498. The Kier molecular flexibility index (Phi) is 6.96. The highest BCUT2D eigenvalue weighted by atomic mass is 32.2. The highest BCUT2D eigenvalue weighted by Crippen LogP contribution is 2.10. The Hall–Kier alpha value is -0.910. The molecule has 0 radical (unpaired) electrons. The van der Waals surface area contributed by atoms with Gasteiger partial charge in [0.05, 0.1) is 0 Å². The zero-order chi connectivity index (χ0) is 12.6. The van der Waals surface area contributed by atoms with Gasteiger partial charge in [-0.15, -0.1) is 0 Å². The molecule has 2 amide bonds. The summed E-state index contributed by atoms with van der Waals surface area (Å²) in [6.45, 7) is 4.23. The van der Waals surface area contributed by atoms with Crippen molar-refractivity contribution in [2.45, 2.75) is 32.2 Å². The number of hydrogen-bond donors (Lipinski definition) is 3. The van der Waals surface area contributed by atoms with Crippen LogP contribution in [0.15, 0.2) is 0 Å². The van der Waals surface area contributed by atoms with Crippen LogP contribution in [0.3, 0.4) is 0 Å². The third-order valence-electron chi connectivity index (χ3n) is 2.01. The monoisotopic (exact) mass is 248 g/mol. The Morgan fingerprint density at radius 3 is 2.50 bits per heavy atom. The van der Waals surface area contributed by atoms with Gasteiger partial charge in [-0.1, -0.05) is 0 Å². The van der Waals surface area contributed by atoms with Crippen molar-refractivity contribution in [2.75, 3.05) is 18.6 Å². The molecular weight excluding hydrogens is 228 g/mol. The molecule has 0 atom stereocenters. The Labute approximate surface area is 100 Å². The van der Waals surface area contributed by atoms with Crippen molar-refractivity contribution in [1.82, 2.24) is 10.6 Å². The molecule has 0 aliphatic rings. The van der Waals surface area contributed by atoms with E-state index in [0.29, 0.717) is 13.0 Å². The lowest BCUT2D eigenvalue weighted by Crippen LogP contribution is -2.49. The first-order valence-electron chi connectivity index (χ1n) is 5.14. The van der Waals surface area contributed by atoms with E-state index in [4.69, 9.17) is 5.11 Å². The number of rotatable bonds is 7. The Balaban J connectivity index is 3.85. The quantitative estimate of drug-likeness (QED) is 0.593. The molecule has 0 aliphatic heterocycles. The van der Waals surface area contributed by atoms with Gasteiger partial charge in [0.2, 0.25) is 0 Å². The van der Waals surface area contributed by atoms with Crippen LogP contribution in [0.5, 0.6) is 0 Å². The van der Waals surface area contributed by atoms with Gasteiger partial charge in [-0.25, -0.2) is 4.79 Å². The number of hydrogen-bond acceptors (Lipinski definition) is 3. The number of urea groups is 1. The third kappa shape index (κ3) is 8.40. The third-order valence-corrected chi connectivity index (χ3v) is 2.62. The van der Waals surface area contributed by atoms with E-state index >= 15 is 0 Å². The molecule has 0 bridgehead atoms. The molecular formula is C10H20N2O3S. The van der Waals surface area contributed by atoms with Crippen LogP contribution in [0.25, 0.3) is 0 Å². The normalized spacial score (nSPS) is 10.9. The molecule has 94 valence electrons. The molecule has 0 saturated heterocycles. The molecule has 0 aromatic carbocycles. The minimum absolute atomic E-state index is 0.0537. The van der Waals surface area contributed by atoms with Gasteiger partial charge < -0.3 is 15.7 Å². The number of carboxylic acid groups (broad SMARTS) is 1. The highest BCUT2D eigenvalue weighted by molar-refractivity contribution is 7.98. The fraction of sp³-hybridized carbons (Fsp3) is 0.800. The number of nitrogens with one attached hydrogen (secondary N) is 2. The van der Waals surface area contributed by atoms with Gasteiger partial charge in [-0.2, -0.15) is 11.8 Å². The van der Waals surface area contributed by atoms with Gasteiger partial charge in [0.1, 0.15) is 0 Å². The van der Waals surface area contributed by atoms with Crippen molar-refractivity contribution in [3.63, 3.8) is 0 Å². The predicted molar refractivity (Wildman–Crippen MR) is 65.9 cm³/mol. The largest absolute Gasteiger partial charge is 0.481 e. The van der Waals surface area contributed by atoms with Crippen LogP contribution in [0.1, 0.15) is 26.7 Å². The summed E-state index contributed by atoms with van der Waals surface area (Å²) in [7, 11) is 0. The summed E-state index contributed by atoms with van der Waals surface area (Å²) in [5.74, 6) is 0.0147. The van der Waals surface area contributed by atoms with Crippen molar-refractivity contribution >= 4 is 23.8 Å². The fourth-order valence-corrected chi connectivity index (χ4v) is 1.41. The Bertz CT molecular complexity index is 244. The zero-order valence-corrected chi connectivity index (χ0v) is 10.8. The van der Waals surface area contributed by atoms with Gasteiger partial charge in [0.15, 0.2) is 0 Å². The number of carboxylic acids is 1. The maximum absolute atomic E-state index is 11.4. The van der Waals surface area contributed by atoms with Crippen LogP contribution >= 0.6 is 11.8 Å². The van der Waals surface area contributed by atoms with Crippen molar-refractivity contribution in [2.24, 2.45) is 0 Å². The first-order chi connectivity index (χ1) is 7.37. The smallest absolute Gasteiger partial charge is 0.315 e. The average molecular weight is 248 g/mol. The van der Waals surface area contributed by atoms with E-state index in [1.54, 1.807) is 11.8 Å². The minimum Gasteiger partial charge on any atom is -0.481 e. The lowest BCUT2D eigenvalue weighted by molar-refractivity contribution is -0.137. The molecule has 0 unspecified atom stereocenters. The second-order valence-corrected chi connectivity index (χ2v) is 5.14. The van der Waals surface area contributed by atoms with Gasteiger partial charge in [0, 0.05) is 24.3 Å². The van der Waals surface area contributed by atoms with Gasteiger partial charge >= 0.3 is 12.0 Å². The molecule has 0 heterocycles. The highest BCUT2D eigenvalue weighted by Gasteiger charge is 2.21. The molecule has 0 rings (SSSR count). The van der Waals surface area contributed by atoms with Crippen molar-refractivity contribution < 1.29 is 14.7 Å². The van der Waals surface area contributed by atoms with Gasteiger partial charge in [-0.05, 0) is 26.5 Å². The minimum atomic E-state index is -0.849. The summed E-state index contributed by atoms with van der Waals surface area (Å²) in [6, 6.07) is -0.246. The molecule has 3 N–H and O–H groups in total. The van der Waals surface area contributed by atoms with Crippen molar-refractivity contribution in [3.05, 3.63) is 0 Å². The molecule has 0 spiro atoms. The Morgan fingerprint density at radius 2 is 2.00 bits per heavy atom. The summed E-state index contributed by atoms with van der Waals surface area (Å²) in [4.78, 5) is 21.8. The number of aliphatic carboxylic acids is 1. The SMILES string of the molecule is CSCCNC(=O)NC(C)(C)CCC(=O)O. The molecule has 0 aliphatic carbocycles. The first-order valence-corrected chi connectivity index (χ1v) is 6.53. The molecule has 0 saturated carbocycles. The van der Waals surface area contributed by atoms with E-state index < -0.39 is 11.5 Å². The fourth-order valence-electron chi connectivity index (χ4n) is 1.10. The summed E-state index contributed by atoms with van der Waals surface area (Å²) >= 11 is 1.66. The van der Waals surface area contributed by atoms with Crippen LogP contribution in [0, 0.1) is 0 Å². The maximum atomic E-state index is 11.4. The van der Waals surface area contributed by atoms with Crippen LogP contribution in [-0.2, 0) is 4.79 Å². The molecule has 0 aromatic rings. The van der Waals surface area contributed by atoms with Crippen LogP contribution < -0.4 is 10.6 Å². The van der Waals surface area contributed by atoms with Crippen molar-refractivity contribution in [3.8, 4) is 0 Å². The Morgan fingerprint density at radius 1 is 1.38 bits per heavy atom.